The number of hydrogen-bond donors (Lipinski definition) is 0. The fourth-order valence-corrected chi connectivity index (χ4v) is 3.38. The van der Waals surface area contributed by atoms with E-state index < -0.39 is 0 Å². The van der Waals surface area contributed by atoms with Crippen molar-refractivity contribution in [3.05, 3.63) is 58.3 Å². The molecule has 0 N–H and O–H groups in total. The Morgan fingerprint density at radius 3 is 2.85 bits per heavy atom. The number of thiophene rings is 1. The standard InChI is InChI=1S/C16H15BrN2S/c1-19(10-12-6-7-20-11-12)16-14(9-17)8-13-4-2-3-5-15(13)18-16/h2-8,11H,9-10H2,1H3. The fraction of sp³-hybridized carbons (Fsp3) is 0.188. The number of pyridine rings is 1. The number of fused-ring (bicyclic) bond motifs is 1. The van der Waals surface area contributed by atoms with E-state index in [2.05, 4.69) is 69.0 Å². The van der Waals surface area contributed by atoms with Gasteiger partial charge in [-0.1, -0.05) is 34.1 Å². The SMILES string of the molecule is CN(Cc1ccsc1)c1nc2ccccc2cc1CBr. The number of para-hydroxylation sites is 1. The highest BCUT2D eigenvalue weighted by molar-refractivity contribution is 9.08. The van der Waals surface area contributed by atoms with Gasteiger partial charge in [0.25, 0.3) is 0 Å². The topological polar surface area (TPSA) is 16.1 Å². The molecule has 0 radical (unpaired) electrons. The van der Waals surface area contributed by atoms with Crippen LogP contribution < -0.4 is 4.90 Å². The molecule has 0 amide bonds. The Kier molecular flexibility index (Phi) is 4.03. The number of nitrogens with zero attached hydrogens (tertiary/aromatic N) is 2. The molecular formula is C16H15BrN2S. The van der Waals surface area contributed by atoms with Crippen molar-refractivity contribution >= 4 is 44.0 Å². The molecule has 0 saturated carbocycles. The normalized spacial score (nSPS) is 10.9. The Morgan fingerprint density at radius 2 is 2.10 bits per heavy atom. The summed E-state index contributed by atoms with van der Waals surface area (Å²) in [7, 11) is 2.10. The molecule has 20 heavy (non-hydrogen) atoms. The second kappa shape index (κ2) is 5.94. The first-order valence-corrected chi connectivity index (χ1v) is 8.51. The van der Waals surface area contributed by atoms with Crippen LogP contribution in [0.5, 0.6) is 0 Å². The number of anilines is 1. The highest BCUT2D eigenvalue weighted by Crippen LogP contribution is 2.26. The molecule has 2 heterocycles. The molecule has 102 valence electrons. The summed E-state index contributed by atoms with van der Waals surface area (Å²) in [5, 5.41) is 6.30. The summed E-state index contributed by atoms with van der Waals surface area (Å²) in [5.74, 6) is 1.05. The Morgan fingerprint density at radius 1 is 1.25 bits per heavy atom. The van der Waals surface area contributed by atoms with Crippen LogP contribution in [0, 0.1) is 0 Å². The zero-order valence-corrected chi connectivity index (χ0v) is 13.6. The van der Waals surface area contributed by atoms with Crippen LogP contribution in [0.3, 0.4) is 0 Å². The highest BCUT2D eigenvalue weighted by Gasteiger charge is 2.11. The quantitative estimate of drug-likeness (QED) is 0.629. The Hall–Kier alpha value is -1.39. The first kappa shape index (κ1) is 13.6. The van der Waals surface area contributed by atoms with Crippen LogP contribution in [0.25, 0.3) is 10.9 Å². The zero-order chi connectivity index (χ0) is 13.9. The molecule has 0 saturated heterocycles. The van der Waals surface area contributed by atoms with Gasteiger partial charge in [0.1, 0.15) is 5.82 Å². The van der Waals surface area contributed by atoms with Crippen LogP contribution >= 0.6 is 27.3 Å². The molecule has 3 aromatic rings. The number of aromatic nitrogens is 1. The van der Waals surface area contributed by atoms with Gasteiger partial charge in [-0.05, 0) is 34.5 Å². The summed E-state index contributed by atoms with van der Waals surface area (Å²) in [6.45, 7) is 0.884. The fourth-order valence-electron chi connectivity index (χ4n) is 2.31. The lowest BCUT2D eigenvalue weighted by atomic mass is 10.1. The monoisotopic (exact) mass is 346 g/mol. The van der Waals surface area contributed by atoms with Crippen molar-refractivity contribution in [1.82, 2.24) is 4.98 Å². The molecular weight excluding hydrogens is 332 g/mol. The number of benzene rings is 1. The molecule has 0 spiro atoms. The Bertz CT molecular complexity index is 710. The van der Waals surface area contributed by atoms with Gasteiger partial charge in [0, 0.05) is 29.9 Å². The number of rotatable bonds is 4. The van der Waals surface area contributed by atoms with E-state index in [1.807, 2.05) is 6.07 Å². The van der Waals surface area contributed by atoms with E-state index in [1.165, 1.54) is 16.5 Å². The number of halogens is 1. The third-order valence-electron chi connectivity index (χ3n) is 3.29. The zero-order valence-electron chi connectivity index (χ0n) is 11.2. The average molecular weight is 347 g/mol. The molecule has 4 heteroatoms. The molecule has 0 fully saturated rings. The van der Waals surface area contributed by atoms with Crippen molar-refractivity contribution in [3.63, 3.8) is 0 Å². The maximum Gasteiger partial charge on any atom is 0.133 e. The van der Waals surface area contributed by atoms with E-state index in [9.17, 15) is 0 Å². The average Bonchev–Trinajstić information content (AvgIpc) is 2.98. The van der Waals surface area contributed by atoms with Gasteiger partial charge in [-0.2, -0.15) is 11.3 Å². The minimum atomic E-state index is 0.814. The van der Waals surface area contributed by atoms with Crippen LogP contribution in [-0.2, 0) is 11.9 Å². The lowest BCUT2D eigenvalue weighted by Crippen LogP contribution is -2.19. The van der Waals surface area contributed by atoms with Crippen molar-refractivity contribution in [1.29, 1.82) is 0 Å². The van der Waals surface area contributed by atoms with Gasteiger partial charge in [-0.3, -0.25) is 0 Å². The second-order valence-corrected chi connectivity index (χ2v) is 6.13. The smallest absolute Gasteiger partial charge is 0.133 e. The molecule has 0 atom stereocenters. The van der Waals surface area contributed by atoms with Gasteiger partial charge in [0.05, 0.1) is 5.52 Å². The molecule has 0 aliphatic rings. The van der Waals surface area contributed by atoms with Gasteiger partial charge < -0.3 is 4.90 Å². The van der Waals surface area contributed by atoms with Gasteiger partial charge in [0.2, 0.25) is 0 Å². The molecule has 2 nitrogen and oxygen atoms in total. The summed E-state index contributed by atoms with van der Waals surface area (Å²) in [6, 6.07) is 12.6. The summed E-state index contributed by atoms with van der Waals surface area (Å²) in [6.07, 6.45) is 0. The maximum atomic E-state index is 4.83. The van der Waals surface area contributed by atoms with Crippen molar-refractivity contribution < 1.29 is 0 Å². The van der Waals surface area contributed by atoms with Gasteiger partial charge in [-0.25, -0.2) is 4.98 Å². The predicted molar refractivity (Wildman–Crippen MR) is 90.8 cm³/mol. The van der Waals surface area contributed by atoms with Crippen LogP contribution in [-0.4, -0.2) is 12.0 Å². The van der Waals surface area contributed by atoms with E-state index in [-0.39, 0.29) is 0 Å². The van der Waals surface area contributed by atoms with Gasteiger partial charge >= 0.3 is 0 Å². The third kappa shape index (κ3) is 2.72. The summed E-state index contributed by atoms with van der Waals surface area (Å²) in [5.41, 5.74) is 3.60. The van der Waals surface area contributed by atoms with Crippen molar-refractivity contribution in [3.8, 4) is 0 Å². The van der Waals surface area contributed by atoms with E-state index >= 15 is 0 Å². The molecule has 3 rings (SSSR count). The molecule has 0 bridgehead atoms. The van der Waals surface area contributed by atoms with Crippen molar-refractivity contribution in [2.24, 2.45) is 0 Å². The van der Waals surface area contributed by atoms with Crippen LogP contribution in [0.4, 0.5) is 5.82 Å². The Labute approximate surface area is 131 Å². The minimum Gasteiger partial charge on any atom is -0.355 e. The second-order valence-electron chi connectivity index (χ2n) is 4.79. The van der Waals surface area contributed by atoms with Gasteiger partial charge in [-0.15, -0.1) is 0 Å². The molecule has 2 aromatic heterocycles. The van der Waals surface area contributed by atoms with E-state index in [1.54, 1.807) is 11.3 Å². The van der Waals surface area contributed by atoms with Crippen LogP contribution in [0.15, 0.2) is 47.2 Å². The van der Waals surface area contributed by atoms with Crippen LogP contribution in [0.1, 0.15) is 11.1 Å². The van der Waals surface area contributed by atoms with Crippen molar-refractivity contribution in [2.75, 3.05) is 11.9 Å². The third-order valence-corrected chi connectivity index (χ3v) is 4.62. The first-order valence-electron chi connectivity index (χ1n) is 6.45. The lowest BCUT2D eigenvalue weighted by Gasteiger charge is -2.21. The van der Waals surface area contributed by atoms with E-state index in [4.69, 9.17) is 4.98 Å². The first-order chi connectivity index (χ1) is 9.78. The largest absolute Gasteiger partial charge is 0.355 e. The minimum absolute atomic E-state index is 0.814. The molecule has 0 aliphatic heterocycles. The summed E-state index contributed by atoms with van der Waals surface area (Å²) in [4.78, 5) is 7.04. The molecule has 0 unspecified atom stereocenters. The van der Waals surface area contributed by atoms with Crippen molar-refractivity contribution in [2.45, 2.75) is 11.9 Å². The molecule has 0 aliphatic carbocycles. The Balaban J connectivity index is 2.00. The maximum absolute atomic E-state index is 4.83. The molecule has 1 aromatic carbocycles. The predicted octanol–water partition coefficient (Wildman–Crippen LogP) is 4.83. The van der Waals surface area contributed by atoms with E-state index in [0.29, 0.717) is 0 Å². The summed E-state index contributed by atoms with van der Waals surface area (Å²) < 4.78 is 0. The summed E-state index contributed by atoms with van der Waals surface area (Å²) >= 11 is 5.31. The highest BCUT2D eigenvalue weighted by atomic mass is 79.9. The number of hydrogen-bond acceptors (Lipinski definition) is 3. The van der Waals surface area contributed by atoms with Gasteiger partial charge in [0.15, 0.2) is 0 Å². The van der Waals surface area contributed by atoms with Crippen LogP contribution in [0.2, 0.25) is 0 Å². The van der Waals surface area contributed by atoms with E-state index in [0.717, 1.165) is 23.2 Å². The number of alkyl halides is 1. The lowest BCUT2D eigenvalue weighted by molar-refractivity contribution is 0.899.